The van der Waals surface area contributed by atoms with Gasteiger partial charge in [-0.05, 0) is 24.3 Å². The molecule has 0 bridgehead atoms. The van der Waals surface area contributed by atoms with Gasteiger partial charge in [0.15, 0.2) is 5.71 Å². The van der Waals surface area contributed by atoms with E-state index in [1.807, 2.05) is 0 Å². The quantitative estimate of drug-likeness (QED) is 0.515. The first-order chi connectivity index (χ1) is 12.9. The van der Waals surface area contributed by atoms with Gasteiger partial charge in [-0.3, -0.25) is 9.79 Å². The molecule has 1 aliphatic heterocycles. The van der Waals surface area contributed by atoms with Crippen molar-refractivity contribution in [1.82, 2.24) is 0 Å². The lowest BCUT2D eigenvalue weighted by Gasteiger charge is -2.37. The molecule has 2 aromatic carbocycles. The molecule has 9 heteroatoms. The summed E-state index contributed by atoms with van der Waals surface area (Å²) in [7, 11) is 0. The third kappa shape index (κ3) is 3.22. The fourth-order valence-electron chi connectivity index (χ4n) is 3.37. The smallest absolute Gasteiger partial charge is 0.360 e. The average molecular weight is 402 g/mol. The Labute approximate surface area is 156 Å². The molecule has 1 N–H and O–H groups in total. The number of hydrogen-bond acceptors (Lipinski definition) is 3. The van der Waals surface area contributed by atoms with Crippen LogP contribution in [0.25, 0.3) is 10.8 Å². The standard InChI is InChI=1S/C19H16F6N2O/c1-3-17(4-2)26-14-11-8-6-5-7-10(11)12(16(28)19(23,24)25)9-13(14)15(27-17)18(20,21)22/h5-9,26H,3-4H2,1-2H3. The number of carbonyl (C=O) groups excluding carboxylic acids is 1. The predicted octanol–water partition coefficient (Wildman–Crippen LogP) is 5.88. The van der Waals surface area contributed by atoms with Crippen LogP contribution in [0.5, 0.6) is 0 Å². The first kappa shape index (κ1) is 20.2. The summed E-state index contributed by atoms with van der Waals surface area (Å²) in [4.78, 5) is 15.7. The van der Waals surface area contributed by atoms with Crippen LogP contribution in [0, 0.1) is 0 Å². The summed E-state index contributed by atoms with van der Waals surface area (Å²) >= 11 is 0. The van der Waals surface area contributed by atoms with Gasteiger partial charge in [-0.2, -0.15) is 26.3 Å². The van der Waals surface area contributed by atoms with E-state index in [9.17, 15) is 31.1 Å². The summed E-state index contributed by atoms with van der Waals surface area (Å²) in [5.74, 6) is -2.20. The van der Waals surface area contributed by atoms with E-state index in [4.69, 9.17) is 0 Å². The molecule has 0 aromatic heterocycles. The number of hydrogen-bond donors (Lipinski definition) is 1. The van der Waals surface area contributed by atoms with E-state index in [1.165, 1.54) is 24.3 Å². The van der Waals surface area contributed by atoms with Gasteiger partial charge in [0.2, 0.25) is 0 Å². The van der Waals surface area contributed by atoms with Crippen molar-refractivity contribution in [3.8, 4) is 0 Å². The normalized spacial score (nSPS) is 16.4. The highest BCUT2D eigenvalue weighted by Crippen LogP contribution is 2.42. The van der Waals surface area contributed by atoms with Gasteiger partial charge < -0.3 is 5.32 Å². The van der Waals surface area contributed by atoms with Crippen molar-refractivity contribution < 1.29 is 31.1 Å². The highest BCUT2D eigenvalue weighted by molar-refractivity contribution is 6.21. The number of anilines is 1. The van der Waals surface area contributed by atoms with Crippen LogP contribution in [0.1, 0.15) is 42.6 Å². The molecular weight excluding hydrogens is 386 g/mol. The Kier molecular flexibility index (Phi) is 4.68. The second kappa shape index (κ2) is 6.49. The van der Waals surface area contributed by atoms with Crippen LogP contribution in [0.15, 0.2) is 35.3 Å². The lowest BCUT2D eigenvalue weighted by molar-refractivity contribution is -0.0884. The third-order valence-electron chi connectivity index (χ3n) is 4.92. The molecule has 28 heavy (non-hydrogen) atoms. The van der Waals surface area contributed by atoms with Crippen molar-refractivity contribution in [1.29, 1.82) is 0 Å². The van der Waals surface area contributed by atoms with E-state index in [0.717, 1.165) is 0 Å². The van der Waals surface area contributed by atoms with Gasteiger partial charge in [-0.1, -0.05) is 38.1 Å². The molecule has 1 heterocycles. The van der Waals surface area contributed by atoms with Gasteiger partial charge in [-0.25, -0.2) is 0 Å². The van der Waals surface area contributed by atoms with E-state index in [0.29, 0.717) is 6.07 Å². The van der Waals surface area contributed by atoms with E-state index in [2.05, 4.69) is 10.3 Å². The van der Waals surface area contributed by atoms with Crippen LogP contribution in [0.4, 0.5) is 32.0 Å². The Morgan fingerprint density at radius 2 is 1.61 bits per heavy atom. The summed E-state index contributed by atoms with van der Waals surface area (Å²) < 4.78 is 80.3. The molecule has 0 saturated heterocycles. The lowest BCUT2D eigenvalue weighted by atomic mass is 9.89. The fraction of sp³-hybridized carbons (Fsp3) is 0.368. The number of benzene rings is 2. The molecule has 0 atom stereocenters. The molecular formula is C19H16F6N2O. The number of halogens is 6. The first-order valence-electron chi connectivity index (χ1n) is 8.56. The first-order valence-corrected chi connectivity index (χ1v) is 8.56. The third-order valence-corrected chi connectivity index (χ3v) is 4.92. The summed E-state index contributed by atoms with van der Waals surface area (Å²) in [5, 5.41) is 3.02. The molecule has 0 unspecified atom stereocenters. The second-order valence-corrected chi connectivity index (χ2v) is 6.54. The second-order valence-electron chi connectivity index (χ2n) is 6.54. The summed E-state index contributed by atoms with van der Waals surface area (Å²) in [6.45, 7) is 3.34. The Morgan fingerprint density at radius 1 is 1.04 bits per heavy atom. The molecule has 0 fully saturated rings. The van der Waals surface area contributed by atoms with Crippen molar-refractivity contribution in [3.05, 3.63) is 41.5 Å². The molecule has 3 rings (SSSR count). The van der Waals surface area contributed by atoms with Crippen molar-refractivity contribution in [2.24, 2.45) is 4.99 Å². The molecule has 1 aliphatic rings. The molecule has 150 valence electrons. The highest BCUT2D eigenvalue weighted by Gasteiger charge is 2.46. The SMILES string of the molecule is CCC1(CC)N=C(C(F)(F)F)c2cc(C(=O)C(F)(F)F)c3ccccc3c2N1. The number of aliphatic imine (C=N–C) groups is 1. The van der Waals surface area contributed by atoms with E-state index < -0.39 is 40.6 Å². The van der Waals surface area contributed by atoms with Crippen LogP contribution >= 0.6 is 0 Å². The maximum atomic E-state index is 13.7. The Bertz CT molecular complexity index is 971. The van der Waals surface area contributed by atoms with Crippen LogP contribution in [0.2, 0.25) is 0 Å². The molecule has 2 aromatic rings. The zero-order chi connectivity index (χ0) is 20.9. The number of alkyl halides is 6. The van der Waals surface area contributed by atoms with Gasteiger partial charge in [0.25, 0.3) is 5.78 Å². The fourth-order valence-corrected chi connectivity index (χ4v) is 3.37. The summed E-state index contributed by atoms with van der Waals surface area (Å²) in [6, 6.07) is 6.24. The van der Waals surface area contributed by atoms with Crippen LogP contribution in [0.3, 0.4) is 0 Å². The van der Waals surface area contributed by atoms with Crippen LogP contribution in [-0.4, -0.2) is 29.5 Å². The maximum Gasteiger partial charge on any atom is 0.454 e. The van der Waals surface area contributed by atoms with Gasteiger partial charge in [0.1, 0.15) is 5.66 Å². The number of rotatable bonds is 3. The summed E-state index contributed by atoms with van der Waals surface area (Å²) in [5.41, 5.74) is -3.89. The molecule has 0 saturated carbocycles. The molecule has 0 spiro atoms. The maximum absolute atomic E-state index is 13.7. The minimum absolute atomic E-state index is 0.0281. The number of Topliss-reactive ketones (excluding diaryl/α,β-unsaturated/α-hetero) is 1. The van der Waals surface area contributed by atoms with E-state index in [-0.39, 0.29) is 29.3 Å². The summed E-state index contributed by atoms with van der Waals surface area (Å²) in [6.07, 6.45) is -9.64. The number of nitrogens with zero attached hydrogens (tertiary/aromatic N) is 1. The number of fused-ring (bicyclic) bond motifs is 3. The minimum atomic E-state index is -5.22. The minimum Gasteiger partial charge on any atom is -0.360 e. The number of ketones is 1. The van der Waals surface area contributed by atoms with Crippen molar-refractivity contribution in [2.45, 2.75) is 44.7 Å². The van der Waals surface area contributed by atoms with Gasteiger partial charge in [-0.15, -0.1) is 0 Å². The molecule has 0 amide bonds. The van der Waals surface area contributed by atoms with Crippen LogP contribution < -0.4 is 5.32 Å². The van der Waals surface area contributed by atoms with E-state index in [1.54, 1.807) is 13.8 Å². The lowest BCUT2D eigenvalue weighted by Crippen LogP contribution is -2.43. The van der Waals surface area contributed by atoms with Gasteiger partial charge in [0.05, 0.1) is 5.69 Å². The van der Waals surface area contributed by atoms with Crippen LogP contribution in [-0.2, 0) is 0 Å². The largest absolute Gasteiger partial charge is 0.454 e. The Morgan fingerprint density at radius 3 is 2.11 bits per heavy atom. The molecule has 0 radical (unpaired) electrons. The topological polar surface area (TPSA) is 41.5 Å². The van der Waals surface area contributed by atoms with Gasteiger partial charge in [0, 0.05) is 16.5 Å². The van der Waals surface area contributed by atoms with E-state index >= 15 is 0 Å². The highest BCUT2D eigenvalue weighted by atomic mass is 19.4. The Balaban J connectivity index is 2.42. The van der Waals surface area contributed by atoms with Gasteiger partial charge >= 0.3 is 12.4 Å². The number of carbonyl (C=O) groups is 1. The molecule has 3 nitrogen and oxygen atoms in total. The average Bonchev–Trinajstić information content (AvgIpc) is 2.64. The molecule has 0 aliphatic carbocycles. The van der Waals surface area contributed by atoms with Crippen molar-refractivity contribution in [2.75, 3.05) is 5.32 Å². The van der Waals surface area contributed by atoms with Crippen molar-refractivity contribution >= 4 is 28.0 Å². The Hall–Kier alpha value is -2.58. The zero-order valence-electron chi connectivity index (χ0n) is 14.9. The predicted molar refractivity (Wildman–Crippen MR) is 93.9 cm³/mol. The monoisotopic (exact) mass is 402 g/mol. The number of nitrogens with one attached hydrogen (secondary N) is 1. The van der Waals surface area contributed by atoms with Crippen molar-refractivity contribution in [3.63, 3.8) is 0 Å². The zero-order valence-corrected chi connectivity index (χ0v) is 14.9.